The summed E-state index contributed by atoms with van der Waals surface area (Å²) in [6.07, 6.45) is 28.1. The van der Waals surface area contributed by atoms with Gasteiger partial charge in [-0.3, -0.25) is 4.79 Å². The van der Waals surface area contributed by atoms with Crippen LogP contribution in [0.25, 0.3) is 0 Å². The van der Waals surface area contributed by atoms with Gasteiger partial charge in [-0.05, 0) is 57.8 Å². The lowest BCUT2D eigenvalue weighted by Crippen LogP contribution is -2.25. The predicted molar refractivity (Wildman–Crippen MR) is 108 cm³/mol. The molecule has 0 bridgehead atoms. The minimum absolute atomic E-state index is 0.00811. The van der Waals surface area contributed by atoms with Crippen LogP contribution < -0.4 is 5.32 Å². The smallest absolute Gasteiger partial charge is 0.220 e. The Morgan fingerprint density at radius 1 is 0.800 bits per heavy atom. The summed E-state index contributed by atoms with van der Waals surface area (Å²) in [5.74, 6) is 0.0292. The number of unbranched alkanes of at least 4 members (excludes halogenated alkanes) is 4. The molecule has 0 saturated heterocycles. The molecule has 0 saturated carbocycles. The number of carbonyl (C=O) groups excluding carboxylic acids is 1. The van der Waals surface area contributed by atoms with E-state index in [4.69, 9.17) is 5.11 Å². The highest BCUT2D eigenvalue weighted by Crippen LogP contribution is 2.04. The predicted octanol–water partition coefficient (Wildman–Crippen LogP) is 5.24. The van der Waals surface area contributed by atoms with Crippen LogP contribution in [0.2, 0.25) is 0 Å². The molecule has 0 aliphatic carbocycles. The molecule has 0 atom stereocenters. The van der Waals surface area contributed by atoms with Gasteiger partial charge in [-0.25, -0.2) is 0 Å². The van der Waals surface area contributed by atoms with Crippen LogP contribution in [0, 0.1) is 0 Å². The van der Waals surface area contributed by atoms with Crippen LogP contribution >= 0.6 is 0 Å². The number of aliphatic hydroxyl groups is 1. The maximum absolute atomic E-state index is 11.3. The zero-order valence-corrected chi connectivity index (χ0v) is 16.0. The molecular weight excluding hydrogens is 310 g/mol. The second kappa shape index (κ2) is 20.4. The van der Waals surface area contributed by atoms with Gasteiger partial charge < -0.3 is 10.4 Å². The fraction of sp³-hybridized carbons (Fsp3) is 0.591. The van der Waals surface area contributed by atoms with Gasteiger partial charge in [0, 0.05) is 13.0 Å². The molecular formula is C22H37NO2. The number of carbonyl (C=O) groups is 1. The highest BCUT2D eigenvalue weighted by molar-refractivity contribution is 5.75. The van der Waals surface area contributed by atoms with E-state index in [9.17, 15) is 4.79 Å². The van der Waals surface area contributed by atoms with E-state index in [1.165, 1.54) is 12.8 Å². The van der Waals surface area contributed by atoms with Crippen molar-refractivity contribution in [3.8, 4) is 0 Å². The summed E-state index contributed by atoms with van der Waals surface area (Å²) in [6, 6.07) is 0. The van der Waals surface area contributed by atoms with Crippen LogP contribution in [-0.2, 0) is 4.79 Å². The first-order valence-electron chi connectivity index (χ1n) is 9.78. The average molecular weight is 348 g/mol. The van der Waals surface area contributed by atoms with Crippen LogP contribution in [-0.4, -0.2) is 24.2 Å². The van der Waals surface area contributed by atoms with Gasteiger partial charge in [-0.15, -0.1) is 0 Å². The Morgan fingerprint density at radius 2 is 1.32 bits per heavy atom. The summed E-state index contributed by atoms with van der Waals surface area (Å²) in [7, 11) is 0. The molecule has 142 valence electrons. The Bertz CT molecular complexity index is 408. The van der Waals surface area contributed by atoms with Gasteiger partial charge in [-0.2, -0.15) is 0 Å². The Hall–Kier alpha value is -1.61. The molecule has 0 aromatic rings. The highest BCUT2D eigenvalue weighted by Gasteiger charge is 1.97. The molecule has 3 heteroatoms. The molecule has 0 aromatic carbocycles. The van der Waals surface area contributed by atoms with Crippen LogP contribution in [0.5, 0.6) is 0 Å². The molecule has 3 nitrogen and oxygen atoms in total. The number of rotatable bonds is 16. The lowest BCUT2D eigenvalue weighted by atomic mass is 10.1. The lowest BCUT2D eigenvalue weighted by Gasteiger charge is -2.01. The summed E-state index contributed by atoms with van der Waals surface area (Å²) in [5, 5.41) is 11.3. The molecule has 0 fully saturated rings. The first-order valence-corrected chi connectivity index (χ1v) is 9.78. The normalized spacial score (nSPS) is 12.2. The second-order valence-electron chi connectivity index (χ2n) is 6.02. The van der Waals surface area contributed by atoms with Crippen LogP contribution in [0.3, 0.4) is 0 Å². The van der Waals surface area contributed by atoms with Gasteiger partial charge in [0.05, 0.1) is 6.61 Å². The number of hydrogen-bond donors (Lipinski definition) is 2. The van der Waals surface area contributed by atoms with Crippen molar-refractivity contribution in [3.05, 3.63) is 48.6 Å². The summed E-state index contributed by atoms with van der Waals surface area (Å²) in [5.41, 5.74) is 0. The number of allylic oxidation sites excluding steroid dienone is 8. The van der Waals surface area contributed by atoms with E-state index in [1.807, 2.05) is 0 Å². The Morgan fingerprint density at radius 3 is 1.92 bits per heavy atom. The lowest BCUT2D eigenvalue weighted by molar-refractivity contribution is -0.121. The Balaban J connectivity index is 3.35. The van der Waals surface area contributed by atoms with Gasteiger partial charge in [0.1, 0.15) is 0 Å². The van der Waals surface area contributed by atoms with Crippen LogP contribution in [0.15, 0.2) is 48.6 Å². The molecule has 0 heterocycles. The van der Waals surface area contributed by atoms with Gasteiger partial charge in [0.25, 0.3) is 0 Å². The number of nitrogens with one attached hydrogen (secondary N) is 1. The zero-order valence-electron chi connectivity index (χ0n) is 16.0. The molecule has 0 aliphatic heterocycles. The van der Waals surface area contributed by atoms with Crippen LogP contribution in [0.1, 0.15) is 71.1 Å². The fourth-order valence-corrected chi connectivity index (χ4v) is 2.25. The monoisotopic (exact) mass is 347 g/mol. The summed E-state index contributed by atoms with van der Waals surface area (Å²) in [6.45, 7) is 2.52. The standard InChI is InChI=1S/C22H37NO2/c1-2-3-4-5-6-7-8-9-10-11-12-13-14-15-16-17-18-19-22(25)23-20-21-24/h3-4,6-7,9-10,15-16,24H,2,5,8,11-14,17-21H2,1H3,(H,23,25)/b4-3-,7-6-,10-9-,16-15-. The maximum atomic E-state index is 11.3. The molecule has 0 rings (SSSR count). The van der Waals surface area contributed by atoms with Crippen LogP contribution in [0.4, 0.5) is 0 Å². The van der Waals surface area contributed by atoms with E-state index in [0.29, 0.717) is 13.0 Å². The summed E-state index contributed by atoms with van der Waals surface area (Å²) in [4.78, 5) is 11.3. The van der Waals surface area contributed by atoms with Crippen molar-refractivity contribution < 1.29 is 9.90 Å². The van der Waals surface area contributed by atoms with Crippen molar-refractivity contribution in [1.29, 1.82) is 0 Å². The third kappa shape index (κ3) is 20.3. The summed E-state index contributed by atoms with van der Waals surface area (Å²) < 4.78 is 0. The first kappa shape index (κ1) is 23.4. The Labute approximate surface area is 154 Å². The van der Waals surface area contributed by atoms with Crippen molar-refractivity contribution >= 4 is 5.91 Å². The molecule has 2 N–H and O–H groups in total. The van der Waals surface area contributed by atoms with Gasteiger partial charge >= 0.3 is 0 Å². The van der Waals surface area contributed by atoms with E-state index < -0.39 is 0 Å². The highest BCUT2D eigenvalue weighted by atomic mass is 16.3. The van der Waals surface area contributed by atoms with E-state index in [0.717, 1.165) is 44.9 Å². The summed E-state index contributed by atoms with van der Waals surface area (Å²) >= 11 is 0. The largest absolute Gasteiger partial charge is 0.395 e. The molecule has 0 radical (unpaired) electrons. The molecule has 25 heavy (non-hydrogen) atoms. The van der Waals surface area contributed by atoms with E-state index in [2.05, 4.69) is 60.8 Å². The topological polar surface area (TPSA) is 49.3 Å². The molecule has 0 aliphatic rings. The minimum atomic E-state index is 0.00811. The van der Waals surface area contributed by atoms with Gasteiger partial charge in [0.2, 0.25) is 5.91 Å². The molecule has 0 unspecified atom stereocenters. The number of aliphatic hydroxyl groups excluding tert-OH is 1. The van der Waals surface area contributed by atoms with Crippen molar-refractivity contribution in [1.82, 2.24) is 5.32 Å². The van der Waals surface area contributed by atoms with Gasteiger partial charge in [0.15, 0.2) is 0 Å². The number of hydrogen-bond acceptors (Lipinski definition) is 2. The molecule has 0 spiro atoms. The van der Waals surface area contributed by atoms with Crippen molar-refractivity contribution in [2.75, 3.05) is 13.2 Å². The van der Waals surface area contributed by atoms with Crippen molar-refractivity contribution in [2.24, 2.45) is 0 Å². The minimum Gasteiger partial charge on any atom is -0.395 e. The zero-order chi connectivity index (χ0) is 18.4. The van der Waals surface area contributed by atoms with Gasteiger partial charge in [-0.1, -0.05) is 55.5 Å². The second-order valence-corrected chi connectivity index (χ2v) is 6.02. The molecule has 1 amide bonds. The third-order valence-corrected chi connectivity index (χ3v) is 3.65. The molecule has 0 aromatic heterocycles. The van der Waals surface area contributed by atoms with Crippen molar-refractivity contribution in [2.45, 2.75) is 71.1 Å². The van der Waals surface area contributed by atoms with E-state index in [1.54, 1.807) is 0 Å². The van der Waals surface area contributed by atoms with E-state index >= 15 is 0 Å². The Kier molecular flexibility index (Phi) is 19.1. The number of amides is 1. The van der Waals surface area contributed by atoms with Crippen molar-refractivity contribution in [3.63, 3.8) is 0 Å². The SMILES string of the molecule is CC/C=C\C/C=C\C/C=C\CCCC/C=C\CCCC(=O)NCCO. The quantitative estimate of drug-likeness (QED) is 0.296. The average Bonchev–Trinajstić information content (AvgIpc) is 2.62. The maximum Gasteiger partial charge on any atom is 0.220 e. The van der Waals surface area contributed by atoms with E-state index in [-0.39, 0.29) is 12.5 Å². The first-order chi connectivity index (χ1) is 12.3. The third-order valence-electron chi connectivity index (χ3n) is 3.65. The fourth-order valence-electron chi connectivity index (χ4n) is 2.25.